The zero-order valence-electron chi connectivity index (χ0n) is 11.3. The van der Waals surface area contributed by atoms with Gasteiger partial charge in [0.25, 0.3) is 0 Å². The summed E-state index contributed by atoms with van der Waals surface area (Å²) in [6.07, 6.45) is 3.66. The van der Waals surface area contributed by atoms with E-state index in [1.54, 1.807) is 0 Å². The number of hydrogen-bond acceptors (Lipinski definition) is 2. The van der Waals surface area contributed by atoms with Gasteiger partial charge in [0.05, 0.1) is 6.04 Å². The average Bonchev–Trinajstić information content (AvgIpc) is 3.20. The molecule has 1 aliphatic rings. The van der Waals surface area contributed by atoms with Crippen LogP contribution >= 0.6 is 15.9 Å². The van der Waals surface area contributed by atoms with E-state index in [1.807, 2.05) is 0 Å². The first-order chi connectivity index (χ1) is 8.69. The van der Waals surface area contributed by atoms with Gasteiger partial charge >= 0.3 is 0 Å². The van der Waals surface area contributed by atoms with Crippen molar-refractivity contribution in [3.63, 3.8) is 0 Å². The van der Waals surface area contributed by atoms with Gasteiger partial charge in [-0.15, -0.1) is 0 Å². The third-order valence-corrected chi connectivity index (χ3v) is 4.56. The van der Waals surface area contributed by atoms with Crippen LogP contribution in [0.15, 0.2) is 28.7 Å². The Morgan fingerprint density at radius 1 is 1.33 bits per heavy atom. The summed E-state index contributed by atoms with van der Waals surface area (Å²) in [6, 6.07) is 9.77. The lowest BCUT2D eigenvalue weighted by Gasteiger charge is -2.35. The van der Waals surface area contributed by atoms with Crippen LogP contribution in [0.4, 0.5) is 0 Å². The Morgan fingerprint density at radius 3 is 2.50 bits per heavy atom. The van der Waals surface area contributed by atoms with Crippen LogP contribution in [0.5, 0.6) is 0 Å². The van der Waals surface area contributed by atoms with Crippen LogP contribution in [0.1, 0.15) is 44.7 Å². The molecule has 0 aromatic heterocycles. The van der Waals surface area contributed by atoms with E-state index in [1.165, 1.54) is 22.9 Å². The van der Waals surface area contributed by atoms with E-state index in [4.69, 9.17) is 5.73 Å². The highest BCUT2D eigenvalue weighted by atomic mass is 79.9. The van der Waals surface area contributed by atoms with Crippen molar-refractivity contribution >= 4 is 15.9 Å². The van der Waals surface area contributed by atoms with Crippen LogP contribution in [-0.4, -0.2) is 23.5 Å². The summed E-state index contributed by atoms with van der Waals surface area (Å²) in [5.74, 6) is 0. The van der Waals surface area contributed by atoms with Crippen LogP contribution in [-0.2, 0) is 0 Å². The molecule has 3 heteroatoms. The van der Waals surface area contributed by atoms with Crippen molar-refractivity contribution in [2.24, 2.45) is 5.73 Å². The van der Waals surface area contributed by atoms with Gasteiger partial charge in [-0.2, -0.15) is 0 Å². The highest BCUT2D eigenvalue weighted by molar-refractivity contribution is 9.10. The lowest BCUT2D eigenvalue weighted by Crippen LogP contribution is -2.42. The summed E-state index contributed by atoms with van der Waals surface area (Å²) in [4.78, 5) is 2.58. The second kappa shape index (κ2) is 6.18. The molecule has 0 heterocycles. The molecule has 0 amide bonds. The first-order valence-corrected chi connectivity index (χ1v) is 7.74. The van der Waals surface area contributed by atoms with Gasteiger partial charge in [-0.05, 0) is 37.4 Å². The van der Waals surface area contributed by atoms with Gasteiger partial charge in [-0.3, -0.25) is 4.90 Å². The molecule has 0 spiro atoms. The molecule has 0 saturated heterocycles. The van der Waals surface area contributed by atoms with E-state index in [2.05, 4.69) is 58.9 Å². The Balaban J connectivity index is 2.32. The fraction of sp³-hybridized carbons (Fsp3) is 0.600. The quantitative estimate of drug-likeness (QED) is 0.868. The van der Waals surface area contributed by atoms with Crippen molar-refractivity contribution in [1.29, 1.82) is 0 Å². The Bertz CT molecular complexity index is 390. The smallest absolute Gasteiger partial charge is 0.0513 e. The lowest BCUT2D eigenvalue weighted by atomic mass is 9.96. The number of benzene rings is 1. The standard InChI is InChI=1S/C15H23BrN2/c1-3-14(17)15(18(4-2)11-9-10-11)12-7-5-6-8-13(12)16/h5-8,11,14-15H,3-4,9-10,17H2,1-2H3. The normalized spacial score (nSPS) is 18.9. The molecule has 2 nitrogen and oxygen atoms in total. The summed E-state index contributed by atoms with van der Waals surface area (Å²) in [6.45, 7) is 5.49. The van der Waals surface area contributed by atoms with E-state index in [0.29, 0.717) is 6.04 Å². The van der Waals surface area contributed by atoms with Gasteiger partial charge in [0.1, 0.15) is 0 Å². The van der Waals surface area contributed by atoms with Crippen LogP contribution in [0.25, 0.3) is 0 Å². The molecule has 2 rings (SSSR count). The first-order valence-electron chi connectivity index (χ1n) is 6.94. The minimum atomic E-state index is 0.198. The van der Waals surface area contributed by atoms with E-state index in [0.717, 1.165) is 19.0 Å². The molecule has 1 saturated carbocycles. The predicted octanol–water partition coefficient (Wildman–Crippen LogP) is 3.71. The van der Waals surface area contributed by atoms with Gasteiger partial charge < -0.3 is 5.73 Å². The minimum absolute atomic E-state index is 0.198. The molecular formula is C15H23BrN2. The van der Waals surface area contributed by atoms with Crippen molar-refractivity contribution in [3.8, 4) is 0 Å². The third-order valence-electron chi connectivity index (χ3n) is 3.84. The molecule has 2 N–H and O–H groups in total. The summed E-state index contributed by atoms with van der Waals surface area (Å²) in [7, 11) is 0. The zero-order valence-corrected chi connectivity index (χ0v) is 12.9. The highest BCUT2D eigenvalue weighted by Gasteiger charge is 2.36. The molecule has 2 unspecified atom stereocenters. The van der Waals surface area contributed by atoms with Crippen LogP contribution in [0.3, 0.4) is 0 Å². The number of hydrogen-bond donors (Lipinski definition) is 1. The van der Waals surface area contributed by atoms with Crippen molar-refractivity contribution in [1.82, 2.24) is 4.90 Å². The SMILES string of the molecule is CCC(N)C(c1ccccc1Br)N(CC)C1CC1. The Morgan fingerprint density at radius 2 is 2.00 bits per heavy atom. The molecule has 100 valence electrons. The van der Waals surface area contributed by atoms with Crippen molar-refractivity contribution in [2.75, 3.05) is 6.54 Å². The molecule has 1 aromatic carbocycles. The topological polar surface area (TPSA) is 29.3 Å². The highest BCUT2D eigenvalue weighted by Crippen LogP contribution is 2.38. The van der Waals surface area contributed by atoms with Crippen molar-refractivity contribution in [2.45, 2.75) is 51.2 Å². The number of halogens is 1. The number of nitrogens with two attached hydrogens (primary N) is 1. The number of likely N-dealkylation sites (N-methyl/N-ethyl adjacent to an activating group) is 1. The number of nitrogens with zero attached hydrogens (tertiary/aromatic N) is 1. The fourth-order valence-electron chi connectivity index (χ4n) is 2.68. The average molecular weight is 311 g/mol. The van der Waals surface area contributed by atoms with Gasteiger partial charge in [0, 0.05) is 16.6 Å². The summed E-state index contributed by atoms with van der Waals surface area (Å²) < 4.78 is 1.18. The Labute approximate surface area is 119 Å². The third kappa shape index (κ3) is 2.95. The molecule has 1 fully saturated rings. The lowest BCUT2D eigenvalue weighted by molar-refractivity contribution is 0.167. The number of rotatable bonds is 6. The van der Waals surface area contributed by atoms with E-state index in [-0.39, 0.29) is 6.04 Å². The molecule has 2 atom stereocenters. The van der Waals surface area contributed by atoms with Gasteiger partial charge in [0.2, 0.25) is 0 Å². The van der Waals surface area contributed by atoms with Gasteiger partial charge in [-0.25, -0.2) is 0 Å². The summed E-state index contributed by atoms with van der Waals surface area (Å²) in [5.41, 5.74) is 7.73. The Hall–Kier alpha value is -0.380. The van der Waals surface area contributed by atoms with Crippen LogP contribution < -0.4 is 5.73 Å². The molecule has 0 aliphatic heterocycles. The van der Waals surface area contributed by atoms with Gasteiger partial charge in [0.15, 0.2) is 0 Å². The molecule has 18 heavy (non-hydrogen) atoms. The molecule has 0 radical (unpaired) electrons. The molecule has 1 aliphatic carbocycles. The second-order valence-corrected chi connectivity index (χ2v) is 5.95. The predicted molar refractivity (Wildman–Crippen MR) is 80.6 cm³/mol. The first kappa shape index (κ1) is 14.0. The van der Waals surface area contributed by atoms with E-state index in [9.17, 15) is 0 Å². The van der Waals surface area contributed by atoms with Gasteiger partial charge in [-0.1, -0.05) is 48.0 Å². The summed E-state index contributed by atoms with van der Waals surface area (Å²) in [5, 5.41) is 0. The van der Waals surface area contributed by atoms with Crippen LogP contribution in [0.2, 0.25) is 0 Å². The minimum Gasteiger partial charge on any atom is -0.326 e. The van der Waals surface area contributed by atoms with Crippen molar-refractivity contribution < 1.29 is 0 Å². The van der Waals surface area contributed by atoms with Crippen LogP contribution in [0, 0.1) is 0 Å². The fourth-order valence-corrected chi connectivity index (χ4v) is 3.20. The largest absolute Gasteiger partial charge is 0.326 e. The Kier molecular flexibility index (Phi) is 4.82. The maximum atomic E-state index is 6.40. The molecule has 1 aromatic rings. The maximum Gasteiger partial charge on any atom is 0.0513 e. The zero-order chi connectivity index (χ0) is 13.1. The maximum absolute atomic E-state index is 6.40. The van der Waals surface area contributed by atoms with E-state index >= 15 is 0 Å². The van der Waals surface area contributed by atoms with Crippen molar-refractivity contribution in [3.05, 3.63) is 34.3 Å². The monoisotopic (exact) mass is 310 g/mol. The summed E-state index contributed by atoms with van der Waals surface area (Å²) >= 11 is 3.68. The molecule has 0 bridgehead atoms. The van der Waals surface area contributed by atoms with E-state index < -0.39 is 0 Å². The second-order valence-electron chi connectivity index (χ2n) is 5.10. The molecular weight excluding hydrogens is 288 g/mol.